The number of para-hydroxylation sites is 1. The number of benzene rings is 3. The van der Waals surface area contributed by atoms with Gasteiger partial charge in [-0.3, -0.25) is 9.36 Å². The summed E-state index contributed by atoms with van der Waals surface area (Å²) in [5, 5.41) is 0.411. The van der Waals surface area contributed by atoms with E-state index >= 15 is 0 Å². The van der Waals surface area contributed by atoms with Gasteiger partial charge >= 0.3 is 5.69 Å². The summed E-state index contributed by atoms with van der Waals surface area (Å²) < 4.78 is 13.9. The average Bonchev–Trinajstić information content (AvgIpc) is 3.50. The largest absolute Gasteiger partial charge is 0.473 e. The van der Waals surface area contributed by atoms with E-state index in [-0.39, 0.29) is 23.6 Å². The van der Waals surface area contributed by atoms with Gasteiger partial charge in [0.2, 0.25) is 17.7 Å². The molecule has 5 heterocycles. The number of nitrogens with one attached hydrogen (secondary N) is 1. The molecular formula is C40H37ClN6O4. The number of carbonyl (C=O) groups excluding carboxylic acids is 1. The van der Waals surface area contributed by atoms with E-state index in [0.717, 1.165) is 65.9 Å². The van der Waals surface area contributed by atoms with Gasteiger partial charge in [-0.15, -0.1) is 0 Å². The molecule has 0 bridgehead atoms. The van der Waals surface area contributed by atoms with Gasteiger partial charge < -0.3 is 24.3 Å². The zero-order chi connectivity index (χ0) is 34.8. The second kappa shape index (κ2) is 14.0. The molecule has 1 amide bonds. The number of hydrogen-bond donors (Lipinski definition) is 1. The maximum Gasteiger partial charge on any atom is 0.331 e. The molecule has 0 atom stereocenters. The van der Waals surface area contributed by atoms with Crippen molar-refractivity contribution in [1.82, 2.24) is 19.5 Å². The lowest BCUT2D eigenvalue weighted by molar-refractivity contribution is -0.123. The molecule has 10 nitrogen and oxygen atoms in total. The number of halogens is 1. The number of rotatable bonds is 9. The van der Waals surface area contributed by atoms with Crippen molar-refractivity contribution >= 4 is 39.9 Å². The fourth-order valence-electron chi connectivity index (χ4n) is 7.28. The van der Waals surface area contributed by atoms with Crippen LogP contribution in [0.5, 0.6) is 11.8 Å². The molecule has 2 aliphatic heterocycles. The first-order valence-corrected chi connectivity index (χ1v) is 17.6. The Kier molecular flexibility index (Phi) is 8.92. The maximum atomic E-state index is 13.8. The SMILES string of the molecule is O=C1CC2(CCN(c3cccc4c3[nH]c(=O)n4-c3ccc(OCc4ccccc4)nc3OCc3ccccc3)CC2)CCN1c1ccc(Cl)nc1. The molecule has 11 heteroatoms. The van der Waals surface area contributed by atoms with Crippen molar-refractivity contribution in [3.8, 4) is 17.4 Å². The lowest BCUT2D eigenvalue weighted by Crippen LogP contribution is -2.49. The predicted octanol–water partition coefficient (Wildman–Crippen LogP) is 7.33. The van der Waals surface area contributed by atoms with E-state index in [1.54, 1.807) is 22.9 Å². The Morgan fingerprint density at radius 3 is 2.14 bits per heavy atom. The van der Waals surface area contributed by atoms with Crippen LogP contribution in [0, 0.1) is 5.41 Å². The molecule has 2 fully saturated rings. The molecule has 2 aliphatic rings. The number of ether oxygens (including phenoxy) is 2. The first kappa shape index (κ1) is 32.6. The Labute approximate surface area is 300 Å². The van der Waals surface area contributed by atoms with Gasteiger partial charge in [0.1, 0.15) is 24.1 Å². The van der Waals surface area contributed by atoms with Crippen molar-refractivity contribution in [1.29, 1.82) is 0 Å². The van der Waals surface area contributed by atoms with Gasteiger partial charge in [-0.25, -0.2) is 9.78 Å². The average molecular weight is 701 g/mol. The van der Waals surface area contributed by atoms with E-state index < -0.39 is 0 Å². The number of amides is 1. The highest BCUT2D eigenvalue weighted by Gasteiger charge is 2.42. The van der Waals surface area contributed by atoms with Gasteiger partial charge in [0, 0.05) is 32.1 Å². The highest BCUT2D eigenvalue weighted by Crippen LogP contribution is 2.44. The lowest BCUT2D eigenvalue weighted by atomic mass is 9.71. The minimum atomic E-state index is -0.287. The summed E-state index contributed by atoms with van der Waals surface area (Å²) in [4.78, 5) is 43.2. The van der Waals surface area contributed by atoms with Crippen molar-refractivity contribution in [2.75, 3.05) is 29.4 Å². The summed E-state index contributed by atoms with van der Waals surface area (Å²) in [6.07, 6.45) is 4.87. The third-order valence-corrected chi connectivity index (χ3v) is 10.3. The van der Waals surface area contributed by atoms with Gasteiger partial charge in [-0.1, -0.05) is 78.3 Å². The fraction of sp³-hybridized carbons (Fsp3) is 0.250. The van der Waals surface area contributed by atoms with Gasteiger partial charge in [-0.2, -0.15) is 4.98 Å². The van der Waals surface area contributed by atoms with E-state index in [0.29, 0.717) is 42.2 Å². The maximum absolute atomic E-state index is 13.8. The molecule has 258 valence electrons. The van der Waals surface area contributed by atoms with Crippen LogP contribution in [0.4, 0.5) is 11.4 Å². The summed E-state index contributed by atoms with van der Waals surface area (Å²) >= 11 is 5.97. The van der Waals surface area contributed by atoms with E-state index in [4.69, 9.17) is 26.1 Å². The quantitative estimate of drug-likeness (QED) is 0.158. The highest BCUT2D eigenvalue weighted by molar-refractivity contribution is 6.29. The first-order chi connectivity index (χ1) is 24.9. The smallest absolute Gasteiger partial charge is 0.331 e. The number of H-pyrrole nitrogens is 1. The molecule has 51 heavy (non-hydrogen) atoms. The third-order valence-electron chi connectivity index (χ3n) is 10.1. The number of anilines is 2. The standard InChI is InChI=1S/C40H37ClN6O4/c41-34-16-14-30(25-42-34)46-23-20-40(24-36(46)48)18-21-45(22-19-40)31-12-7-13-32-37(31)44-39(49)47(32)33-15-17-35(50-26-28-8-3-1-4-9-28)43-38(33)51-27-29-10-5-2-6-11-29/h1-17,25H,18-24,26-27H2,(H,44,49). The van der Waals surface area contributed by atoms with E-state index in [1.807, 2.05) is 95.9 Å². The second-order valence-electron chi connectivity index (χ2n) is 13.3. The van der Waals surface area contributed by atoms with Crippen molar-refractivity contribution in [3.05, 3.63) is 136 Å². The van der Waals surface area contributed by atoms with Crippen LogP contribution < -0.4 is 25.0 Å². The first-order valence-electron chi connectivity index (χ1n) is 17.2. The van der Waals surface area contributed by atoms with Crippen molar-refractivity contribution in [2.24, 2.45) is 5.41 Å². The molecule has 3 aromatic heterocycles. The van der Waals surface area contributed by atoms with E-state index in [1.165, 1.54) is 0 Å². The molecule has 6 aromatic rings. The minimum Gasteiger partial charge on any atom is -0.473 e. The Morgan fingerprint density at radius 2 is 1.45 bits per heavy atom. The number of hydrogen-bond acceptors (Lipinski definition) is 7. The number of carbonyl (C=O) groups is 1. The molecule has 1 spiro atoms. The van der Waals surface area contributed by atoms with Crippen molar-refractivity contribution in [3.63, 3.8) is 0 Å². The van der Waals surface area contributed by atoms with Crippen molar-refractivity contribution in [2.45, 2.75) is 38.9 Å². The summed E-state index contributed by atoms with van der Waals surface area (Å²) in [6, 6.07) is 32.9. The molecule has 0 radical (unpaired) electrons. The number of imidazole rings is 1. The molecule has 0 saturated carbocycles. The highest BCUT2D eigenvalue weighted by atomic mass is 35.5. The number of pyridine rings is 2. The van der Waals surface area contributed by atoms with Crippen LogP contribution in [0.25, 0.3) is 16.7 Å². The molecule has 1 N–H and O–H groups in total. The summed E-state index contributed by atoms with van der Waals surface area (Å²) in [5.41, 5.74) is 5.40. The summed E-state index contributed by atoms with van der Waals surface area (Å²) in [6.45, 7) is 2.85. The van der Waals surface area contributed by atoms with Crippen LogP contribution in [0.2, 0.25) is 5.15 Å². The van der Waals surface area contributed by atoms with Gasteiger partial charge in [0.15, 0.2) is 0 Å². The van der Waals surface area contributed by atoms with Crippen LogP contribution >= 0.6 is 11.6 Å². The summed E-state index contributed by atoms with van der Waals surface area (Å²) in [5.74, 6) is 0.816. The Balaban J connectivity index is 1.04. The zero-order valence-electron chi connectivity index (χ0n) is 28.0. The minimum absolute atomic E-state index is 0.0435. The Bertz CT molecular complexity index is 2210. The number of nitrogens with zero attached hydrogens (tertiary/aromatic N) is 5. The monoisotopic (exact) mass is 700 g/mol. The fourth-order valence-corrected chi connectivity index (χ4v) is 7.39. The Morgan fingerprint density at radius 1 is 0.745 bits per heavy atom. The van der Waals surface area contributed by atoms with Gasteiger partial charge in [0.05, 0.1) is 28.6 Å². The van der Waals surface area contributed by atoms with E-state index in [2.05, 4.69) is 14.9 Å². The predicted molar refractivity (Wildman–Crippen MR) is 198 cm³/mol. The van der Waals surface area contributed by atoms with Crippen LogP contribution in [0.15, 0.2) is 114 Å². The number of aromatic amines is 1. The van der Waals surface area contributed by atoms with Gasteiger partial charge in [0.25, 0.3) is 0 Å². The molecule has 3 aromatic carbocycles. The molecule has 0 unspecified atom stereocenters. The van der Waals surface area contributed by atoms with Crippen LogP contribution in [0.3, 0.4) is 0 Å². The second-order valence-corrected chi connectivity index (χ2v) is 13.6. The summed E-state index contributed by atoms with van der Waals surface area (Å²) in [7, 11) is 0. The molecular weight excluding hydrogens is 664 g/mol. The van der Waals surface area contributed by atoms with Crippen LogP contribution in [-0.4, -0.2) is 45.1 Å². The number of aromatic nitrogens is 4. The lowest BCUT2D eigenvalue weighted by Gasteiger charge is -2.46. The molecule has 0 aliphatic carbocycles. The van der Waals surface area contributed by atoms with Crippen LogP contribution in [-0.2, 0) is 18.0 Å². The number of fused-ring (bicyclic) bond motifs is 1. The number of piperidine rings is 2. The van der Waals surface area contributed by atoms with Crippen molar-refractivity contribution < 1.29 is 14.3 Å². The Hall–Kier alpha value is -5.61. The van der Waals surface area contributed by atoms with Crippen LogP contribution in [0.1, 0.15) is 36.8 Å². The molecule has 8 rings (SSSR count). The zero-order valence-corrected chi connectivity index (χ0v) is 28.8. The third kappa shape index (κ3) is 6.79. The normalized spacial score (nSPS) is 15.7. The molecule has 2 saturated heterocycles. The van der Waals surface area contributed by atoms with Gasteiger partial charge in [-0.05, 0) is 66.1 Å². The topological polar surface area (TPSA) is 106 Å². The van der Waals surface area contributed by atoms with E-state index in [9.17, 15) is 9.59 Å².